The molecule has 3 nitrogen and oxygen atoms in total. The van der Waals surface area contributed by atoms with Crippen LogP contribution in [0.25, 0.3) is 5.57 Å². The first-order valence-corrected chi connectivity index (χ1v) is 3.57. The van der Waals surface area contributed by atoms with Gasteiger partial charge < -0.3 is 5.32 Å². The van der Waals surface area contributed by atoms with E-state index in [9.17, 15) is 4.79 Å². The minimum Gasteiger partial charge on any atom is -0.355 e. The molecule has 1 aromatic heterocycles. The first-order chi connectivity index (χ1) is 5.75. The monoisotopic (exact) mass is 162 g/mol. The van der Waals surface area contributed by atoms with Gasteiger partial charge in [0.2, 0.25) is 0 Å². The van der Waals surface area contributed by atoms with Gasteiger partial charge in [0.15, 0.2) is 0 Å². The van der Waals surface area contributed by atoms with E-state index < -0.39 is 0 Å². The Morgan fingerprint density at radius 3 is 2.92 bits per heavy atom. The summed E-state index contributed by atoms with van der Waals surface area (Å²) in [5.41, 5.74) is 1.18. The molecule has 0 saturated carbocycles. The van der Waals surface area contributed by atoms with Gasteiger partial charge in [0.05, 0.1) is 0 Å². The Bertz CT molecular complexity index is 293. The molecule has 1 amide bonds. The number of likely N-dealkylation sites (N-methyl/N-ethyl adjacent to an activating group) is 1. The van der Waals surface area contributed by atoms with Crippen LogP contribution < -0.4 is 5.32 Å². The van der Waals surface area contributed by atoms with Gasteiger partial charge in [-0.2, -0.15) is 0 Å². The molecular formula is C9H10N2O. The zero-order chi connectivity index (χ0) is 8.97. The average molecular weight is 162 g/mol. The molecule has 0 unspecified atom stereocenters. The van der Waals surface area contributed by atoms with Gasteiger partial charge in [0, 0.05) is 30.6 Å². The van der Waals surface area contributed by atoms with E-state index in [0.29, 0.717) is 5.57 Å². The molecule has 0 fully saturated rings. The van der Waals surface area contributed by atoms with Gasteiger partial charge in [-0.25, -0.2) is 0 Å². The summed E-state index contributed by atoms with van der Waals surface area (Å²) >= 11 is 0. The third-order valence-corrected chi connectivity index (χ3v) is 1.51. The van der Waals surface area contributed by atoms with Gasteiger partial charge >= 0.3 is 0 Å². The molecule has 0 saturated heterocycles. The Hall–Kier alpha value is -1.64. The van der Waals surface area contributed by atoms with E-state index in [1.807, 2.05) is 0 Å². The summed E-state index contributed by atoms with van der Waals surface area (Å²) in [6.07, 6.45) is 3.26. The van der Waals surface area contributed by atoms with Crippen LogP contribution in [0.2, 0.25) is 0 Å². The largest absolute Gasteiger partial charge is 0.355 e. The third kappa shape index (κ3) is 1.69. The average Bonchev–Trinajstić information content (AvgIpc) is 2.17. The fraction of sp³-hybridized carbons (Fsp3) is 0.111. The fourth-order valence-corrected chi connectivity index (χ4v) is 0.823. The predicted molar refractivity (Wildman–Crippen MR) is 47.3 cm³/mol. The van der Waals surface area contributed by atoms with E-state index in [-0.39, 0.29) is 5.91 Å². The van der Waals surface area contributed by atoms with Gasteiger partial charge in [-0.15, -0.1) is 0 Å². The lowest BCUT2D eigenvalue weighted by atomic mass is 10.1. The van der Waals surface area contributed by atoms with Crippen LogP contribution in [0.5, 0.6) is 0 Å². The second-order valence-electron chi connectivity index (χ2n) is 2.30. The number of nitrogens with zero attached hydrogens (tertiary/aromatic N) is 1. The topological polar surface area (TPSA) is 42.0 Å². The van der Waals surface area contributed by atoms with Crippen molar-refractivity contribution < 1.29 is 4.79 Å². The van der Waals surface area contributed by atoms with Gasteiger partial charge in [0.1, 0.15) is 0 Å². The molecule has 0 aromatic carbocycles. The van der Waals surface area contributed by atoms with Crippen molar-refractivity contribution in [1.29, 1.82) is 0 Å². The number of hydrogen-bond acceptors (Lipinski definition) is 2. The molecule has 0 aliphatic heterocycles. The predicted octanol–water partition coefficient (Wildman–Crippen LogP) is 0.841. The van der Waals surface area contributed by atoms with Gasteiger partial charge in [-0.1, -0.05) is 12.6 Å². The van der Waals surface area contributed by atoms with E-state index in [1.165, 1.54) is 0 Å². The highest BCUT2D eigenvalue weighted by molar-refractivity contribution is 6.18. The zero-order valence-electron chi connectivity index (χ0n) is 6.87. The lowest BCUT2D eigenvalue weighted by molar-refractivity contribution is -0.115. The Kier molecular flexibility index (Phi) is 2.58. The van der Waals surface area contributed by atoms with Crippen LogP contribution in [-0.4, -0.2) is 17.9 Å². The number of carbonyl (C=O) groups is 1. The first-order valence-electron chi connectivity index (χ1n) is 3.57. The second kappa shape index (κ2) is 3.67. The van der Waals surface area contributed by atoms with Crippen molar-refractivity contribution in [2.45, 2.75) is 0 Å². The maximum atomic E-state index is 11.1. The standard InChI is InChI=1S/C9H10N2O/c1-7(9(12)10-2)8-4-3-5-11-6-8/h3-6H,1H2,2H3,(H,10,12). The molecule has 62 valence electrons. The molecule has 1 N–H and O–H groups in total. The van der Waals surface area contributed by atoms with E-state index in [2.05, 4.69) is 16.9 Å². The molecular weight excluding hydrogens is 152 g/mol. The molecule has 1 aromatic rings. The number of amides is 1. The molecule has 0 spiro atoms. The van der Waals surface area contributed by atoms with Crippen LogP contribution in [0.15, 0.2) is 31.1 Å². The van der Waals surface area contributed by atoms with Crippen molar-refractivity contribution in [2.24, 2.45) is 0 Å². The van der Waals surface area contributed by atoms with Crippen LogP contribution in [0.1, 0.15) is 5.56 Å². The highest BCUT2D eigenvalue weighted by Crippen LogP contribution is 2.09. The van der Waals surface area contributed by atoms with Crippen molar-refractivity contribution in [1.82, 2.24) is 10.3 Å². The number of nitrogens with one attached hydrogen (secondary N) is 1. The van der Waals surface area contributed by atoms with Crippen LogP contribution >= 0.6 is 0 Å². The van der Waals surface area contributed by atoms with Crippen LogP contribution in [0.3, 0.4) is 0 Å². The number of pyridine rings is 1. The van der Waals surface area contributed by atoms with E-state index >= 15 is 0 Å². The van der Waals surface area contributed by atoms with E-state index in [0.717, 1.165) is 5.56 Å². The van der Waals surface area contributed by atoms with Crippen molar-refractivity contribution in [3.8, 4) is 0 Å². The Balaban J connectivity index is 2.86. The molecule has 0 bridgehead atoms. The van der Waals surface area contributed by atoms with Gasteiger partial charge in [-0.05, 0) is 6.07 Å². The molecule has 1 heterocycles. The third-order valence-electron chi connectivity index (χ3n) is 1.51. The minimum absolute atomic E-state index is 0.178. The summed E-state index contributed by atoms with van der Waals surface area (Å²) in [5.74, 6) is -0.178. The summed E-state index contributed by atoms with van der Waals surface area (Å²) in [6, 6.07) is 3.56. The van der Waals surface area contributed by atoms with E-state index in [4.69, 9.17) is 0 Å². The Morgan fingerprint density at radius 2 is 2.42 bits per heavy atom. The van der Waals surface area contributed by atoms with Crippen molar-refractivity contribution in [3.05, 3.63) is 36.7 Å². The van der Waals surface area contributed by atoms with Crippen LogP contribution in [-0.2, 0) is 4.79 Å². The molecule has 0 radical (unpaired) electrons. The molecule has 0 aliphatic rings. The smallest absolute Gasteiger partial charge is 0.251 e. The van der Waals surface area contributed by atoms with Crippen molar-refractivity contribution in [2.75, 3.05) is 7.05 Å². The van der Waals surface area contributed by atoms with Gasteiger partial charge in [-0.3, -0.25) is 9.78 Å². The minimum atomic E-state index is -0.178. The highest BCUT2D eigenvalue weighted by atomic mass is 16.1. The number of carbonyl (C=O) groups excluding carboxylic acids is 1. The first kappa shape index (κ1) is 8.46. The quantitative estimate of drug-likeness (QED) is 0.655. The maximum absolute atomic E-state index is 11.1. The summed E-state index contributed by atoms with van der Waals surface area (Å²) in [4.78, 5) is 15.0. The van der Waals surface area contributed by atoms with Crippen LogP contribution in [0.4, 0.5) is 0 Å². The number of hydrogen-bond donors (Lipinski definition) is 1. The Labute approximate surface area is 71.1 Å². The summed E-state index contributed by atoms with van der Waals surface area (Å²) in [5, 5.41) is 2.50. The van der Waals surface area contributed by atoms with Crippen molar-refractivity contribution >= 4 is 11.5 Å². The highest BCUT2D eigenvalue weighted by Gasteiger charge is 2.05. The number of aromatic nitrogens is 1. The zero-order valence-corrected chi connectivity index (χ0v) is 6.87. The fourth-order valence-electron chi connectivity index (χ4n) is 0.823. The summed E-state index contributed by atoms with van der Waals surface area (Å²) < 4.78 is 0. The lowest BCUT2D eigenvalue weighted by Crippen LogP contribution is -2.18. The lowest BCUT2D eigenvalue weighted by Gasteiger charge is -2.01. The number of rotatable bonds is 2. The molecule has 0 aliphatic carbocycles. The molecule has 0 atom stereocenters. The normalized spacial score (nSPS) is 9.08. The second-order valence-corrected chi connectivity index (χ2v) is 2.30. The Morgan fingerprint density at radius 1 is 1.67 bits per heavy atom. The molecule has 12 heavy (non-hydrogen) atoms. The maximum Gasteiger partial charge on any atom is 0.251 e. The summed E-state index contributed by atoms with van der Waals surface area (Å²) in [6.45, 7) is 3.64. The molecule has 1 rings (SSSR count). The summed E-state index contributed by atoms with van der Waals surface area (Å²) in [7, 11) is 1.57. The van der Waals surface area contributed by atoms with Crippen LogP contribution in [0, 0.1) is 0 Å². The SMILES string of the molecule is C=C(C(=O)NC)c1cccnc1. The van der Waals surface area contributed by atoms with E-state index in [1.54, 1.807) is 31.6 Å². The molecule has 3 heteroatoms. The van der Waals surface area contributed by atoms with Gasteiger partial charge in [0.25, 0.3) is 5.91 Å². The van der Waals surface area contributed by atoms with Crippen molar-refractivity contribution in [3.63, 3.8) is 0 Å².